The molecule has 4 nitrogen and oxygen atoms in total. The minimum Gasteiger partial charge on any atom is -0.493 e. The van der Waals surface area contributed by atoms with Crippen molar-refractivity contribution in [2.24, 2.45) is 0 Å². The Morgan fingerprint density at radius 3 is 2.20 bits per heavy atom. The number of aldehydes is 1. The highest BCUT2D eigenvalue weighted by molar-refractivity contribution is 6.31. The van der Waals surface area contributed by atoms with Crippen LogP contribution < -0.4 is 14.2 Å². The summed E-state index contributed by atoms with van der Waals surface area (Å²) in [5.41, 5.74) is 2.68. The third-order valence-corrected chi connectivity index (χ3v) is 4.46. The average Bonchev–Trinajstić information content (AvgIpc) is 2.64. The molecule has 0 saturated heterocycles. The molecule has 0 heterocycles. The molecule has 2 rings (SSSR count). The van der Waals surface area contributed by atoms with Crippen LogP contribution in [0.3, 0.4) is 0 Å². The van der Waals surface area contributed by atoms with E-state index in [-0.39, 0.29) is 0 Å². The zero-order valence-corrected chi connectivity index (χ0v) is 15.6. The maximum atomic E-state index is 10.8. The molecule has 0 aromatic heterocycles. The highest BCUT2D eigenvalue weighted by Gasteiger charge is 2.07. The number of halogens is 1. The summed E-state index contributed by atoms with van der Waals surface area (Å²) in [5.74, 6) is 2.07. The second-order valence-corrected chi connectivity index (χ2v) is 6.13. The zero-order valence-electron chi connectivity index (χ0n) is 14.8. The topological polar surface area (TPSA) is 44.8 Å². The lowest BCUT2D eigenvalue weighted by Gasteiger charge is -2.13. The smallest absolute Gasteiger partial charge is 0.161 e. The summed E-state index contributed by atoms with van der Waals surface area (Å²) in [7, 11) is 1.56. The number of benzene rings is 2. The van der Waals surface area contributed by atoms with Crippen molar-refractivity contribution in [3.05, 3.63) is 52.0 Å². The van der Waals surface area contributed by atoms with Gasteiger partial charge in [-0.15, -0.1) is 0 Å². The highest BCUT2D eigenvalue weighted by atomic mass is 35.5. The molecule has 0 aliphatic carbocycles. The summed E-state index contributed by atoms with van der Waals surface area (Å²) >= 11 is 6.09. The number of ether oxygens (including phenoxy) is 3. The molecule has 0 amide bonds. The first-order valence-corrected chi connectivity index (χ1v) is 8.59. The molecule has 0 atom stereocenters. The molecule has 0 aliphatic rings. The van der Waals surface area contributed by atoms with Gasteiger partial charge in [-0.05, 0) is 68.1 Å². The second kappa shape index (κ2) is 9.33. The van der Waals surface area contributed by atoms with Crippen molar-refractivity contribution >= 4 is 17.9 Å². The van der Waals surface area contributed by atoms with Gasteiger partial charge in [-0.25, -0.2) is 0 Å². The van der Waals surface area contributed by atoms with Crippen LogP contribution >= 0.6 is 11.6 Å². The quantitative estimate of drug-likeness (QED) is 0.464. The molecule has 25 heavy (non-hydrogen) atoms. The van der Waals surface area contributed by atoms with Crippen LogP contribution in [0.5, 0.6) is 17.2 Å². The molecule has 0 saturated carbocycles. The molecule has 5 heteroatoms. The number of hydrogen-bond donors (Lipinski definition) is 0. The Balaban J connectivity index is 1.75. The van der Waals surface area contributed by atoms with Crippen LogP contribution in [0.25, 0.3) is 0 Å². The first-order chi connectivity index (χ1) is 12.1. The maximum Gasteiger partial charge on any atom is 0.161 e. The first kappa shape index (κ1) is 19.1. The minimum atomic E-state index is 0.554. The van der Waals surface area contributed by atoms with Crippen molar-refractivity contribution in [1.29, 1.82) is 0 Å². The van der Waals surface area contributed by atoms with Crippen LogP contribution in [0.2, 0.25) is 5.02 Å². The van der Waals surface area contributed by atoms with Crippen molar-refractivity contribution in [1.82, 2.24) is 0 Å². The Kier molecular flexibility index (Phi) is 7.14. The van der Waals surface area contributed by atoms with Gasteiger partial charge >= 0.3 is 0 Å². The molecule has 2 aromatic rings. The summed E-state index contributed by atoms with van der Waals surface area (Å²) < 4.78 is 16.8. The van der Waals surface area contributed by atoms with Crippen LogP contribution in [-0.2, 0) is 0 Å². The van der Waals surface area contributed by atoms with E-state index < -0.39 is 0 Å². The summed E-state index contributed by atoms with van der Waals surface area (Å²) in [5, 5.41) is 0.757. The van der Waals surface area contributed by atoms with Gasteiger partial charge in [0.05, 0.1) is 20.3 Å². The predicted molar refractivity (Wildman–Crippen MR) is 99.5 cm³/mol. The van der Waals surface area contributed by atoms with Crippen LogP contribution in [0, 0.1) is 13.8 Å². The Labute approximate surface area is 153 Å². The van der Waals surface area contributed by atoms with Crippen molar-refractivity contribution in [2.45, 2.75) is 26.7 Å². The van der Waals surface area contributed by atoms with E-state index >= 15 is 0 Å². The summed E-state index contributed by atoms with van der Waals surface area (Å²) in [6, 6.07) is 8.88. The Hall–Kier alpha value is -2.20. The molecule has 0 aliphatic heterocycles. The van der Waals surface area contributed by atoms with E-state index in [1.165, 1.54) is 0 Å². The van der Waals surface area contributed by atoms with Gasteiger partial charge in [0.25, 0.3) is 0 Å². The van der Waals surface area contributed by atoms with Gasteiger partial charge in [-0.2, -0.15) is 0 Å². The monoisotopic (exact) mass is 362 g/mol. The summed E-state index contributed by atoms with van der Waals surface area (Å²) in [6.07, 6.45) is 2.50. The zero-order chi connectivity index (χ0) is 18.2. The minimum absolute atomic E-state index is 0.554. The van der Waals surface area contributed by atoms with Gasteiger partial charge in [0, 0.05) is 10.6 Å². The summed E-state index contributed by atoms with van der Waals surface area (Å²) in [4.78, 5) is 10.8. The van der Waals surface area contributed by atoms with Gasteiger partial charge < -0.3 is 14.2 Å². The van der Waals surface area contributed by atoms with Gasteiger partial charge in [-0.3, -0.25) is 4.79 Å². The SMILES string of the molecule is COc1cc(C=O)ccc1OCCCCOc1ccc(Cl)c(C)c1C. The Morgan fingerprint density at radius 1 is 0.920 bits per heavy atom. The number of rotatable bonds is 9. The van der Waals surface area contributed by atoms with E-state index in [4.69, 9.17) is 25.8 Å². The lowest BCUT2D eigenvalue weighted by atomic mass is 10.1. The third kappa shape index (κ3) is 5.13. The van der Waals surface area contributed by atoms with Gasteiger partial charge in [0.15, 0.2) is 11.5 Å². The molecule has 134 valence electrons. The highest BCUT2D eigenvalue weighted by Crippen LogP contribution is 2.28. The van der Waals surface area contributed by atoms with Crippen molar-refractivity contribution < 1.29 is 19.0 Å². The molecule has 0 unspecified atom stereocenters. The largest absolute Gasteiger partial charge is 0.493 e. The molecular formula is C20H23ClO4. The van der Waals surface area contributed by atoms with Gasteiger partial charge in [0.2, 0.25) is 0 Å². The lowest BCUT2D eigenvalue weighted by Crippen LogP contribution is -2.04. The number of carbonyl (C=O) groups is 1. The summed E-state index contributed by atoms with van der Waals surface area (Å²) in [6.45, 7) is 5.17. The van der Waals surface area contributed by atoms with Crippen molar-refractivity contribution in [3.8, 4) is 17.2 Å². The maximum absolute atomic E-state index is 10.8. The Morgan fingerprint density at radius 2 is 1.56 bits per heavy atom. The van der Waals surface area contributed by atoms with Crippen LogP contribution in [0.1, 0.15) is 34.3 Å². The van der Waals surface area contributed by atoms with E-state index in [0.29, 0.717) is 30.3 Å². The predicted octanol–water partition coefficient (Wildman–Crippen LogP) is 5.02. The number of carbonyl (C=O) groups excluding carboxylic acids is 1. The molecule has 0 fully saturated rings. The fourth-order valence-electron chi connectivity index (χ4n) is 2.36. The van der Waals surface area contributed by atoms with Crippen LogP contribution in [0.15, 0.2) is 30.3 Å². The third-order valence-electron chi connectivity index (χ3n) is 4.05. The van der Waals surface area contributed by atoms with Gasteiger partial charge in [-0.1, -0.05) is 11.6 Å². The fraction of sp³-hybridized carbons (Fsp3) is 0.350. The Bertz CT molecular complexity index is 728. The number of methoxy groups -OCH3 is 1. The molecule has 0 spiro atoms. The standard InChI is InChI=1S/C20H23ClO4/c1-14-15(2)18(9-7-17(14)21)24-10-4-5-11-25-19-8-6-16(13-22)12-20(19)23-3/h6-9,12-13H,4-5,10-11H2,1-3H3. The second-order valence-electron chi connectivity index (χ2n) is 5.73. The van der Waals surface area contributed by atoms with E-state index in [1.807, 2.05) is 26.0 Å². The van der Waals surface area contributed by atoms with E-state index in [1.54, 1.807) is 25.3 Å². The lowest BCUT2D eigenvalue weighted by molar-refractivity contribution is 0.112. The van der Waals surface area contributed by atoms with Crippen LogP contribution in [-0.4, -0.2) is 26.6 Å². The normalized spacial score (nSPS) is 10.4. The molecule has 0 bridgehead atoms. The average molecular weight is 363 g/mol. The van der Waals surface area contributed by atoms with Crippen LogP contribution in [0.4, 0.5) is 0 Å². The number of unbranched alkanes of at least 4 members (excludes halogenated alkanes) is 1. The number of hydrogen-bond acceptors (Lipinski definition) is 4. The molecular weight excluding hydrogens is 340 g/mol. The van der Waals surface area contributed by atoms with E-state index in [0.717, 1.165) is 41.0 Å². The van der Waals surface area contributed by atoms with E-state index in [9.17, 15) is 4.79 Å². The molecule has 0 N–H and O–H groups in total. The van der Waals surface area contributed by atoms with Crippen molar-refractivity contribution in [3.63, 3.8) is 0 Å². The van der Waals surface area contributed by atoms with Gasteiger partial charge in [0.1, 0.15) is 12.0 Å². The first-order valence-electron chi connectivity index (χ1n) is 8.21. The fourth-order valence-corrected chi connectivity index (χ4v) is 2.57. The molecule has 0 radical (unpaired) electrons. The van der Waals surface area contributed by atoms with Crippen molar-refractivity contribution in [2.75, 3.05) is 20.3 Å². The molecule has 2 aromatic carbocycles. The van der Waals surface area contributed by atoms with E-state index in [2.05, 4.69) is 0 Å².